The Morgan fingerprint density at radius 3 is 2.94 bits per heavy atom. The molecule has 2 aliphatic rings. The van der Waals surface area contributed by atoms with Gasteiger partial charge in [-0.15, -0.1) is 0 Å². The van der Waals surface area contributed by atoms with Gasteiger partial charge in [-0.25, -0.2) is 4.99 Å². The molecule has 0 unspecified atom stereocenters. The summed E-state index contributed by atoms with van der Waals surface area (Å²) < 4.78 is 10.2. The van der Waals surface area contributed by atoms with E-state index in [2.05, 4.69) is 15.8 Å². The minimum Gasteiger partial charge on any atom is -0.366 e. The second-order valence-corrected chi connectivity index (χ2v) is 7.88. The van der Waals surface area contributed by atoms with Crippen LogP contribution < -0.4 is 11.1 Å². The third kappa shape index (κ3) is 3.80. The summed E-state index contributed by atoms with van der Waals surface area (Å²) in [6.45, 7) is 1.51. The van der Waals surface area contributed by atoms with Gasteiger partial charge >= 0.3 is 0 Å². The molecule has 3 N–H and O–H groups in total. The van der Waals surface area contributed by atoms with Crippen LogP contribution in [0.2, 0.25) is 0 Å². The first kappa shape index (κ1) is 19.4. The molecule has 0 aliphatic carbocycles. The molecular formula is C22H20N6O2S. The van der Waals surface area contributed by atoms with Crippen molar-refractivity contribution in [1.29, 1.82) is 0 Å². The van der Waals surface area contributed by atoms with E-state index in [-0.39, 0.29) is 0 Å². The van der Waals surface area contributed by atoms with Crippen molar-refractivity contribution in [3.05, 3.63) is 76.4 Å². The van der Waals surface area contributed by atoms with Crippen molar-refractivity contribution < 1.29 is 9.53 Å². The highest BCUT2D eigenvalue weighted by Crippen LogP contribution is 2.27. The van der Waals surface area contributed by atoms with Gasteiger partial charge in [0.2, 0.25) is 5.96 Å². The molecule has 0 saturated heterocycles. The second-order valence-electron chi connectivity index (χ2n) is 7.11. The lowest BCUT2D eigenvalue weighted by molar-refractivity contribution is 0.0869. The summed E-state index contributed by atoms with van der Waals surface area (Å²) in [6, 6.07) is 15.4. The molecule has 3 heterocycles. The Morgan fingerprint density at radius 2 is 2.10 bits per heavy atom. The van der Waals surface area contributed by atoms with Gasteiger partial charge in [-0.05, 0) is 35.7 Å². The minimum atomic E-state index is -0.499. The number of nitrogens with zero attached hydrogens (tertiary/aromatic N) is 4. The predicted octanol–water partition coefficient (Wildman–Crippen LogP) is 2.82. The van der Waals surface area contributed by atoms with E-state index >= 15 is 0 Å². The molecule has 0 saturated carbocycles. The third-order valence-corrected chi connectivity index (χ3v) is 5.92. The van der Waals surface area contributed by atoms with E-state index in [4.69, 9.17) is 20.5 Å². The van der Waals surface area contributed by atoms with Gasteiger partial charge in [-0.2, -0.15) is 9.37 Å². The van der Waals surface area contributed by atoms with E-state index in [1.807, 2.05) is 41.3 Å². The Balaban J connectivity index is 1.58. The summed E-state index contributed by atoms with van der Waals surface area (Å²) in [4.78, 5) is 24.1. The van der Waals surface area contributed by atoms with Crippen molar-refractivity contribution in [2.24, 2.45) is 15.7 Å². The first-order valence-corrected chi connectivity index (χ1v) is 10.7. The van der Waals surface area contributed by atoms with E-state index in [0.717, 1.165) is 28.1 Å². The van der Waals surface area contributed by atoms with Gasteiger partial charge in [0.25, 0.3) is 5.91 Å². The number of nitrogens with two attached hydrogens (primary N) is 1. The number of hydrogen-bond acceptors (Lipinski definition) is 6. The zero-order chi connectivity index (χ0) is 21.2. The minimum absolute atomic E-state index is 0.374. The average Bonchev–Trinajstić information content (AvgIpc) is 3.08. The van der Waals surface area contributed by atoms with E-state index in [9.17, 15) is 4.79 Å². The third-order valence-electron chi connectivity index (χ3n) is 5.05. The van der Waals surface area contributed by atoms with Crippen molar-refractivity contribution in [3.63, 3.8) is 0 Å². The Bertz CT molecular complexity index is 1230. The molecule has 31 heavy (non-hydrogen) atoms. The second kappa shape index (κ2) is 8.29. The molecule has 9 heteroatoms. The van der Waals surface area contributed by atoms with E-state index in [0.29, 0.717) is 42.8 Å². The van der Waals surface area contributed by atoms with Crippen LogP contribution in [0.3, 0.4) is 0 Å². The van der Waals surface area contributed by atoms with E-state index < -0.39 is 5.91 Å². The highest BCUT2D eigenvalue weighted by Gasteiger charge is 2.27. The Hall–Kier alpha value is -3.56. The summed E-state index contributed by atoms with van der Waals surface area (Å²) in [7, 11) is 0. The Morgan fingerprint density at radius 1 is 1.23 bits per heavy atom. The van der Waals surface area contributed by atoms with Crippen molar-refractivity contribution in [2.75, 3.05) is 13.3 Å². The van der Waals surface area contributed by atoms with Crippen molar-refractivity contribution in [2.45, 2.75) is 13.0 Å². The number of carbonyl (C=O) groups excluding carboxylic acids is 1. The number of primary amides is 1. The normalized spacial score (nSPS) is 17.5. The fourth-order valence-electron chi connectivity index (χ4n) is 3.52. The van der Waals surface area contributed by atoms with Crippen LogP contribution in [0, 0.1) is 0 Å². The van der Waals surface area contributed by atoms with Gasteiger partial charge in [0.15, 0.2) is 5.84 Å². The Kier molecular flexibility index (Phi) is 5.19. The molecule has 5 rings (SSSR count). The van der Waals surface area contributed by atoms with Crippen molar-refractivity contribution in [3.8, 4) is 0 Å². The summed E-state index contributed by atoms with van der Waals surface area (Å²) in [5.74, 6) is 1.59. The predicted molar refractivity (Wildman–Crippen MR) is 121 cm³/mol. The average molecular weight is 433 g/mol. The maximum absolute atomic E-state index is 11.8. The monoisotopic (exact) mass is 432 g/mol. The largest absolute Gasteiger partial charge is 0.366 e. The maximum atomic E-state index is 11.8. The maximum Gasteiger partial charge on any atom is 0.250 e. The molecule has 0 bridgehead atoms. The summed E-state index contributed by atoms with van der Waals surface area (Å²) >= 11 is 1.28. The first-order chi connectivity index (χ1) is 15.2. The highest BCUT2D eigenvalue weighted by molar-refractivity contribution is 7.09. The molecule has 1 amide bonds. The number of ether oxygens (including phenoxy) is 1. The highest BCUT2D eigenvalue weighted by atomic mass is 32.1. The van der Waals surface area contributed by atoms with Gasteiger partial charge < -0.3 is 15.8 Å². The van der Waals surface area contributed by atoms with Gasteiger partial charge in [0.1, 0.15) is 12.6 Å². The van der Waals surface area contributed by atoms with Gasteiger partial charge in [0, 0.05) is 5.39 Å². The molecule has 8 nitrogen and oxygen atoms in total. The number of fused-ring (bicyclic) bond motifs is 2. The number of aliphatic imine (C=N–C) groups is 2. The standard InChI is InChI=1S/C22H20N6O2S/c23-20(29)16-9-4-8-15-18(16)27-31-19(15)21-25-17-10-5-11-30-13-28(17)22(26-21)24-12-14-6-2-1-3-7-14/h1-4,6-10H,5,11-13H2,(H2,23,29)(H,24,25,26). The van der Waals surface area contributed by atoms with Crippen LogP contribution in [-0.2, 0) is 11.3 Å². The van der Waals surface area contributed by atoms with E-state index in [1.54, 1.807) is 12.1 Å². The van der Waals surface area contributed by atoms with Crippen LogP contribution in [0.5, 0.6) is 0 Å². The van der Waals surface area contributed by atoms with Gasteiger partial charge in [-0.3, -0.25) is 9.69 Å². The quantitative estimate of drug-likeness (QED) is 0.660. The number of amidine groups is 1. The lowest BCUT2D eigenvalue weighted by Crippen LogP contribution is -2.44. The molecule has 0 atom stereocenters. The van der Waals surface area contributed by atoms with Gasteiger partial charge in [-0.1, -0.05) is 42.5 Å². The van der Waals surface area contributed by atoms with Crippen LogP contribution in [0.25, 0.3) is 10.9 Å². The lowest BCUT2D eigenvalue weighted by Gasteiger charge is -2.30. The smallest absolute Gasteiger partial charge is 0.250 e. The number of rotatable bonds is 4. The zero-order valence-electron chi connectivity index (χ0n) is 16.6. The molecular weight excluding hydrogens is 412 g/mol. The van der Waals surface area contributed by atoms with Crippen LogP contribution in [0.15, 0.2) is 70.4 Å². The number of nitrogens with one attached hydrogen (secondary N) is 1. The molecule has 0 radical (unpaired) electrons. The van der Waals surface area contributed by atoms with Crippen LogP contribution >= 0.6 is 11.5 Å². The van der Waals surface area contributed by atoms with Crippen LogP contribution in [0.4, 0.5) is 0 Å². The van der Waals surface area contributed by atoms with Crippen molar-refractivity contribution >= 4 is 40.1 Å². The first-order valence-electron chi connectivity index (χ1n) is 9.89. The summed E-state index contributed by atoms with van der Waals surface area (Å²) in [5.41, 5.74) is 7.61. The molecule has 2 aromatic carbocycles. The number of aromatic nitrogens is 1. The SMILES string of the molecule is NC(=O)c1cccc2c(C3=NC(=NCc4ccccc4)N4COCCC=C4N3)snc12. The fourth-order valence-corrected chi connectivity index (χ4v) is 4.34. The number of guanidine groups is 1. The van der Waals surface area contributed by atoms with Crippen LogP contribution in [0.1, 0.15) is 27.2 Å². The van der Waals surface area contributed by atoms with Crippen LogP contribution in [-0.4, -0.2) is 40.3 Å². The molecule has 156 valence electrons. The Labute approximate surface area is 182 Å². The molecule has 1 aromatic heterocycles. The molecule has 0 fully saturated rings. The zero-order valence-corrected chi connectivity index (χ0v) is 17.4. The molecule has 3 aromatic rings. The number of hydrogen-bond donors (Lipinski definition) is 2. The van der Waals surface area contributed by atoms with Crippen molar-refractivity contribution in [1.82, 2.24) is 14.6 Å². The summed E-state index contributed by atoms with van der Waals surface area (Å²) in [5, 5.41) is 4.22. The van der Waals surface area contributed by atoms with Gasteiger partial charge in [0.05, 0.1) is 29.1 Å². The topological polar surface area (TPSA) is 105 Å². The van der Waals surface area contributed by atoms with E-state index in [1.165, 1.54) is 11.5 Å². The fraction of sp³-hybridized carbons (Fsp3) is 0.182. The molecule has 0 spiro atoms. The summed E-state index contributed by atoms with van der Waals surface area (Å²) in [6.07, 6.45) is 2.87. The molecule has 2 aliphatic heterocycles. The lowest BCUT2D eigenvalue weighted by atomic mass is 10.1. The number of benzene rings is 2. The number of amides is 1. The number of carbonyl (C=O) groups is 1.